The van der Waals surface area contributed by atoms with Crippen molar-refractivity contribution in [3.8, 4) is 11.5 Å². The Kier molecular flexibility index (Phi) is 7.92. The summed E-state index contributed by atoms with van der Waals surface area (Å²) in [6.45, 7) is 11.3. The Hall–Kier alpha value is -3.80. The molecule has 1 aliphatic rings. The summed E-state index contributed by atoms with van der Waals surface area (Å²) in [7, 11) is 0. The molecule has 0 radical (unpaired) electrons. The van der Waals surface area contributed by atoms with Gasteiger partial charge in [-0.2, -0.15) is 0 Å². The van der Waals surface area contributed by atoms with E-state index in [0.717, 1.165) is 53.4 Å². The smallest absolute Gasteiger partial charge is 0.227 e. The van der Waals surface area contributed by atoms with Gasteiger partial charge in [-0.15, -0.1) is 0 Å². The number of ether oxygens (including phenoxy) is 2. The highest BCUT2D eigenvalue weighted by Gasteiger charge is 2.36. The number of nitrogens with zero attached hydrogens (tertiary/aromatic N) is 3. The van der Waals surface area contributed by atoms with E-state index in [1.807, 2.05) is 42.2 Å². The number of fused-ring (bicyclic) bond motifs is 1. The lowest BCUT2D eigenvalue weighted by Gasteiger charge is -2.20. The third kappa shape index (κ3) is 5.95. The molecule has 1 aromatic heterocycles. The first-order valence-electron chi connectivity index (χ1n) is 14.1. The molecule has 6 nitrogen and oxygen atoms in total. The first-order valence-corrected chi connectivity index (χ1v) is 14.1. The quantitative estimate of drug-likeness (QED) is 0.207. The Morgan fingerprint density at radius 3 is 2.44 bits per heavy atom. The molecule has 0 bridgehead atoms. The van der Waals surface area contributed by atoms with Crippen LogP contribution >= 0.6 is 0 Å². The van der Waals surface area contributed by atoms with Gasteiger partial charge in [0.05, 0.1) is 29.9 Å². The number of aryl methyl sites for hydroxylation is 1. The van der Waals surface area contributed by atoms with Crippen LogP contribution < -0.4 is 14.4 Å². The fraction of sp³-hybridized carbons (Fsp3) is 0.394. The standard InChI is InChI=1S/C33H39N3O3/c1-5-38-30-15-9-8-14-29(30)36-23-24(22-31(36)37)32-34-27-12-6-7-13-28(27)35(32)20-10-11-21-39-26-18-16-25(17-19-26)33(2,3)4/h6-9,12-19,24H,5,10-11,20-23H2,1-4H3. The van der Waals surface area contributed by atoms with Gasteiger partial charge in [-0.25, -0.2) is 4.98 Å². The second-order valence-corrected chi connectivity index (χ2v) is 11.2. The summed E-state index contributed by atoms with van der Waals surface area (Å²) in [5.74, 6) is 2.78. The van der Waals surface area contributed by atoms with E-state index in [-0.39, 0.29) is 17.2 Å². The summed E-state index contributed by atoms with van der Waals surface area (Å²) in [6, 6.07) is 24.5. The van der Waals surface area contributed by atoms with Gasteiger partial charge in [-0.3, -0.25) is 4.79 Å². The zero-order valence-electron chi connectivity index (χ0n) is 23.5. The molecular weight excluding hydrogens is 486 g/mol. The summed E-state index contributed by atoms with van der Waals surface area (Å²) >= 11 is 0. The molecule has 0 aliphatic carbocycles. The Balaban J connectivity index is 1.26. The molecule has 6 heteroatoms. The molecule has 5 rings (SSSR count). The Morgan fingerprint density at radius 2 is 1.67 bits per heavy atom. The second-order valence-electron chi connectivity index (χ2n) is 11.2. The van der Waals surface area contributed by atoms with Crippen molar-refractivity contribution in [3.63, 3.8) is 0 Å². The molecule has 3 aromatic carbocycles. The molecule has 4 aromatic rings. The second kappa shape index (κ2) is 11.5. The minimum absolute atomic E-state index is 0.0252. The van der Waals surface area contributed by atoms with E-state index in [0.29, 0.717) is 26.2 Å². The third-order valence-electron chi connectivity index (χ3n) is 7.40. The maximum absolute atomic E-state index is 13.2. The van der Waals surface area contributed by atoms with Crippen LogP contribution in [0.2, 0.25) is 0 Å². The number of amides is 1. The predicted octanol–water partition coefficient (Wildman–Crippen LogP) is 7.11. The Bertz CT molecular complexity index is 1420. The zero-order valence-corrected chi connectivity index (χ0v) is 23.5. The van der Waals surface area contributed by atoms with Gasteiger partial charge in [0.2, 0.25) is 5.91 Å². The third-order valence-corrected chi connectivity index (χ3v) is 7.40. The molecule has 1 fully saturated rings. The van der Waals surface area contributed by atoms with Crippen LogP contribution in [0.4, 0.5) is 5.69 Å². The molecule has 1 unspecified atom stereocenters. The van der Waals surface area contributed by atoms with Gasteiger partial charge in [0.25, 0.3) is 0 Å². The van der Waals surface area contributed by atoms with Crippen molar-refractivity contribution >= 4 is 22.6 Å². The maximum atomic E-state index is 13.2. The summed E-state index contributed by atoms with van der Waals surface area (Å²) in [4.78, 5) is 20.0. The number of carbonyl (C=O) groups excluding carboxylic acids is 1. The van der Waals surface area contributed by atoms with Crippen LogP contribution in [0.5, 0.6) is 11.5 Å². The number of rotatable bonds is 10. The van der Waals surface area contributed by atoms with E-state index in [9.17, 15) is 4.79 Å². The lowest BCUT2D eigenvalue weighted by Crippen LogP contribution is -2.25. The molecular formula is C33H39N3O3. The summed E-state index contributed by atoms with van der Waals surface area (Å²) in [5.41, 5.74) is 4.37. The van der Waals surface area contributed by atoms with E-state index < -0.39 is 0 Å². The molecule has 1 atom stereocenters. The number of benzene rings is 3. The minimum atomic E-state index is 0.0252. The van der Waals surface area contributed by atoms with Crippen molar-refractivity contribution in [3.05, 3.63) is 84.2 Å². The Morgan fingerprint density at radius 1 is 0.923 bits per heavy atom. The van der Waals surface area contributed by atoms with E-state index in [4.69, 9.17) is 14.5 Å². The van der Waals surface area contributed by atoms with Gasteiger partial charge < -0.3 is 18.9 Å². The number of aromatic nitrogens is 2. The van der Waals surface area contributed by atoms with Crippen molar-refractivity contribution in [2.75, 3.05) is 24.7 Å². The topological polar surface area (TPSA) is 56.6 Å². The number of carbonyl (C=O) groups is 1. The number of hydrogen-bond acceptors (Lipinski definition) is 4. The van der Waals surface area contributed by atoms with Crippen LogP contribution in [0, 0.1) is 0 Å². The van der Waals surface area contributed by atoms with Crippen molar-refractivity contribution in [1.29, 1.82) is 0 Å². The lowest BCUT2D eigenvalue weighted by molar-refractivity contribution is -0.117. The number of unbranched alkanes of at least 4 members (excludes halogenated alkanes) is 1. The largest absolute Gasteiger partial charge is 0.494 e. The van der Waals surface area contributed by atoms with Crippen molar-refractivity contribution in [1.82, 2.24) is 9.55 Å². The van der Waals surface area contributed by atoms with Gasteiger partial charge in [-0.05, 0) is 67.1 Å². The van der Waals surface area contributed by atoms with Crippen LogP contribution in [0.1, 0.15) is 64.3 Å². The molecule has 204 valence electrons. The average Bonchev–Trinajstić information content (AvgIpc) is 3.49. The van der Waals surface area contributed by atoms with Crippen LogP contribution in [0.25, 0.3) is 11.0 Å². The fourth-order valence-corrected chi connectivity index (χ4v) is 5.33. The van der Waals surface area contributed by atoms with Crippen LogP contribution in [0.15, 0.2) is 72.8 Å². The zero-order chi connectivity index (χ0) is 27.4. The van der Waals surface area contributed by atoms with Crippen LogP contribution in [-0.4, -0.2) is 35.2 Å². The molecule has 39 heavy (non-hydrogen) atoms. The number of para-hydroxylation sites is 4. The number of anilines is 1. The molecule has 1 aliphatic heterocycles. The van der Waals surface area contributed by atoms with Gasteiger partial charge in [0.15, 0.2) is 0 Å². The maximum Gasteiger partial charge on any atom is 0.227 e. The summed E-state index contributed by atoms with van der Waals surface area (Å²) in [5, 5.41) is 0. The van der Waals surface area contributed by atoms with E-state index in [1.165, 1.54) is 5.56 Å². The van der Waals surface area contributed by atoms with Gasteiger partial charge in [0.1, 0.15) is 17.3 Å². The SMILES string of the molecule is CCOc1ccccc1N1CC(c2nc3ccccc3n2CCCCOc2ccc(C(C)(C)C)cc2)CC1=O. The molecule has 1 saturated heterocycles. The van der Waals surface area contributed by atoms with Crippen molar-refractivity contribution in [2.24, 2.45) is 0 Å². The average molecular weight is 526 g/mol. The van der Waals surface area contributed by atoms with E-state index in [2.05, 4.69) is 67.8 Å². The number of imidazole rings is 1. The first-order chi connectivity index (χ1) is 18.8. The van der Waals surface area contributed by atoms with Crippen LogP contribution in [-0.2, 0) is 16.8 Å². The molecule has 2 heterocycles. The van der Waals surface area contributed by atoms with E-state index >= 15 is 0 Å². The molecule has 0 N–H and O–H groups in total. The predicted molar refractivity (Wildman–Crippen MR) is 157 cm³/mol. The van der Waals surface area contributed by atoms with Crippen LogP contribution in [0.3, 0.4) is 0 Å². The van der Waals surface area contributed by atoms with Crippen molar-refractivity contribution in [2.45, 2.75) is 64.8 Å². The highest BCUT2D eigenvalue weighted by atomic mass is 16.5. The fourth-order valence-electron chi connectivity index (χ4n) is 5.33. The van der Waals surface area contributed by atoms with E-state index in [1.54, 1.807) is 0 Å². The first kappa shape index (κ1) is 26.8. The van der Waals surface area contributed by atoms with Gasteiger partial charge in [0, 0.05) is 25.4 Å². The van der Waals surface area contributed by atoms with Crippen molar-refractivity contribution < 1.29 is 14.3 Å². The molecule has 0 saturated carbocycles. The summed E-state index contributed by atoms with van der Waals surface area (Å²) in [6.07, 6.45) is 2.34. The van der Waals surface area contributed by atoms with Gasteiger partial charge >= 0.3 is 0 Å². The lowest BCUT2D eigenvalue weighted by atomic mass is 9.87. The summed E-state index contributed by atoms with van der Waals surface area (Å²) < 4.78 is 14.2. The molecule has 0 spiro atoms. The monoisotopic (exact) mass is 525 g/mol. The highest BCUT2D eigenvalue weighted by molar-refractivity contribution is 5.97. The Labute approximate surface area is 231 Å². The molecule has 1 amide bonds. The number of hydrogen-bond donors (Lipinski definition) is 0. The normalized spacial score (nSPS) is 15.7. The van der Waals surface area contributed by atoms with Gasteiger partial charge in [-0.1, -0.05) is 57.2 Å². The highest BCUT2D eigenvalue weighted by Crippen LogP contribution is 2.37. The minimum Gasteiger partial charge on any atom is -0.494 e.